The summed E-state index contributed by atoms with van der Waals surface area (Å²) in [4.78, 5) is 25.9. The van der Waals surface area contributed by atoms with Crippen LogP contribution in [0.3, 0.4) is 0 Å². The number of nitrogens with two attached hydrogens (primary N) is 1. The Bertz CT molecular complexity index is 1040. The van der Waals surface area contributed by atoms with E-state index in [1.165, 1.54) is 12.0 Å². The van der Waals surface area contributed by atoms with Gasteiger partial charge in [0.2, 0.25) is 5.91 Å². The number of allylic oxidation sites excluding steroid dienone is 3. The van der Waals surface area contributed by atoms with Gasteiger partial charge in [0.15, 0.2) is 5.78 Å². The minimum atomic E-state index is -0.383. The summed E-state index contributed by atoms with van der Waals surface area (Å²) in [6.07, 6.45) is 14.8. The highest BCUT2D eigenvalue weighted by atomic mass is 16.3. The molecule has 0 radical (unpaired) electrons. The second kappa shape index (κ2) is 7.80. The Labute approximate surface area is 218 Å². The van der Waals surface area contributed by atoms with Gasteiger partial charge in [-0.05, 0) is 114 Å². The number of ketones is 1. The zero-order valence-electron chi connectivity index (χ0n) is 23.7. The molecule has 0 spiro atoms. The van der Waals surface area contributed by atoms with Crippen molar-refractivity contribution in [2.75, 3.05) is 0 Å². The molecule has 36 heavy (non-hydrogen) atoms. The minimum absolute atomic E-state index is 0.00437. The van der Waals surface area contributed by atoms with Gasteiger partial charge < -0.3 is 10.8 Å². The summed E-state index contributed by atoms with van der Waals surface area (Å²) >= 11 is 0. The van der Waals surface area contributed by atoms with E-state index in [4.69, 9.17) is 5.73 Å². The molecule has 0 unspecified atom stereocenters. The Balaban J connectivity index is 1.59. The molecule has 0 aromatic carbocycles. The number of primary amides is 1. The lowest BCUT2D eigenvalue weighted by Gasteiger charge is -2.70. The van der Waals surface area contributed by atoms with E-state index in [1.54, 1.807) is 6.08 Å². The van der Waals surface area contributed by atoms with Crippen molar-refractivity contribution in [2.45, 2.75) is 112 Å². The highest BCUT2D eigenvalue weighted by Crippen LogP contribution is 2.75. The lowest BCUT2D eigenvalue weighted by molar-refractivity contribution is -0.202. The van der Waals surface area contributed by atoms with Gasteiger partial charge in [-0.15, -0.1) is 0 Å². The van der Waals surface area contributed by atoms with Crippen molar-refractivity contribution < 1.29 is 14.7 Å². The predicted octanol–water partition coefficient (Wildman–Crippen LogP) is 6.37. The van der Waals surface area contributed by atoms with Gasteiger partial charge in [0.25, 0.3) is 0 Å². The van der Waals surface area contributed by atoms with Gasteiger partial charge in [0.05, 0.1) is 6.10 Å². The van der Waals surface area contributed by atoms with Gasteiger partial charge in [0.1, 0.15) is 0 Å². The van der Waals surface area contributed by atoms with E-state index in [-0.39, 0.29) is 50.4 Å². The van der Waals surface area contributed by atoms with Gasteiger partial charge in [0, 0.05) is 5.92 Å². The van der Waals surface area contributed by atoms with E-state index < -0.39 is 0 Å². The molecule has 0 saturated heterocycles. The summed E-state index contributed by atoms with van der Waals surface area (Å²) in [5, 5.41) is 10.9. The monoisotopic (exact) mass is 495 g/mol. The molecule has 5 rings (SSSR count). The van der Waals surface area contributed by atoms with Crippen molar-refractivity contribution in [1.82, 2.24) is 0 Å². The molecule has 4 nitrogen and oxygen atoms in total. The van der Waals surface area contributed by atoms with Crippen molar-refractivity contribution >= 4 is 11.7 Å². The Kier molecular flexibility index (Phi) is 5.68. The number of carbonyl (C=O) groups is 2. The molecule has 0 aromatic heterocycles. The van der Waals surface area contributed by atoms with Crippen LogP contribution in [-0.4, -0.2) is 22.9 Å². The van der Waals surface area contributed by atoms with Crippen molar-refractivity contribution in [2.24, 2.45) is 56.0 Å². The highest BCUT2D eigenvalue weighted by Gasteiger charge is 2.70. The number of fused-ring (bicyclic) bond motifs is 7. The lowest BCUT2D eigenvalue weighted by Crippen LogP contribution is -2.66. The first kappa shape index (κ1) is 26.2. The lowest BCUT2D eigenvalue weighted by atomic mass is 9.33. The largest absolute Gasteiger partial charge is 0.393 e. The molecule has 9 atom stereocenters. The number of hydrogen-bond acceptors (Lipinski definition) is 3. The number of aliphatic hydroxyl groups excluding tert-OH is 1. The van der Waals surface area contributed by atoms with Crippen LogP contribution in [-0.2, 0) is 9.59 Å². The molecule has 5 aliphatic rings. The maximum absolute atomic E-state index is 14.3. The van der Waals surface area contributed by atoms with Gasteiger partial charge in [-0.1, -0.05) is 60.1 Å². The molecular formula is C32H49NO3. The molecule has 0 heterocycles. The summed E-state index contributed by atoms with van der Waals surface area (Å²) in [5.74, 6) is 0.683. The van der Waals surface area contributed by atoms with Crippen molar-refractivity contribution in [3.05, 3.63) is 23.8 Å². The molecule has 4 fully saturated rings. The maximum Gasteiger partial charge on any atom is 0.241 e. The summed E-state index contributed by atoms with van der Waals surface area (Å²) < 4.78 is 0. The molecule has 0 aromatic rings. The first-order chi connectivity index (χ1) is 16.5. The summed E-state index contributed by atoms with van der Waals surface area (Å²) in [6.45, 7) is 16.5. The van der Waals surface area contributed by atoms with Crippen LogP contribution >= 0.6 is 0 Å². The first-order valence-corrected chi connectivity index (χ1v) is 14.5. The zero-order chi connectivity index (χ0) is 26.5. The Morgan fingerprint density at radius 2 is 1.64 bits per heavy atom. The van der Waals surface area contributed by atoms with Crippen LogP contribution in [0.25, 0.3) is 0 Å². The van der Waals surface area contributed by atoms with Gasteiger partial charge in [-0.3, -0.25) is 9.59 Å². The van der Waals surface area contributed by atoms with Crippen molar-refractivity contribution in [1.29, 1.82) is 0 Å². The fourth-order valence-corrected chi connectivity index (χ4v) is 10.6. The number of carbonyl (C=O) groups excluding carboxylic acids is 2. The van der Waals surface area contributed by atoms with Crippen LogP contribution in [0.4, 0.5) is 0 Å². The van der Waals surface area contributed by atoms with Crippen LogP contribution in [0.2, 0.25) is 0 Å². The van der Waals surface area contributed by atoms with E-state index in [2.05, 4.69) is 54.5 Å². The van der Waals surface area contributed by atoms with Gasteiger partial charge >= 0.3 is 0 Å². The highest BCUT2D eigenvalue weighted by molar-refractivity contribution is 5.95. The van der Waals surface area contributed by atoms with Crippen LogP contribution < -0.4 is 5.73 Å². The molecule has 200 valence electrons. The first-order valence-electron chi connectivity index (χ1n) is 14.5. The predicted molar refractivity (Wildman–Crippen MR) is 144 cm³/mol. The molecule has 3 N–H and O–H groups in total. The summed E-state index contributed by atoms with van der Waals surface area (Å²) in [6, 6.07) is 0. The maximum atomic E-state index is 14.3. The zero-order valence-corrected chi connectivity index (χ0v) is 23.7. The van der Waals surface area contributed by atoms with E-state index in [0.717, 1.165) is 51.4 Å². The molecule has 4 saturated carbocycles. The number of amides is 1. The standard InChI is InChI=1S/C32H49NO3/c1-27(2)23-8-13-32(7)26(30(23,5)12-9-24(27)35)22(34)18-20-21-19-28(3,11-10-25(33)36)14-15-29(21,4)16-17-31(20,32)6/h10-11,18,21,23-24,26,35H,8-9,12-17,19H2,1-7H3,(H2,33,36)/b11-10+/t21-,23-,24-,26+,28-,29+,30-,31+,32+/m0/s1. The minimum Gasteiger partial charge on any atom is -0.393 e. The molecule has 0 aliphatic heterocycles. The third kappa shape index (κ3) is 3.34. The van der Waals surface area contributed by atoms with Crippen molar-refractivity contribution in [3.8, 4) is 0 Å². The summed E-state index contributed by atoms with van der Waals surface area (Å²) in [7, 11) is 0. The quantitative estimate of drug-likeness (QED) is 0.437. The topological polar surface area (TPSA) is 80.4 Å². The second-order valence-corrected chi connectivity index (χ2v) is 15.5. The average molecular weight is 496 g/mol. The van der Waals surface area contributed by atoms with Crippen LogP contribution in [0.15, 0.2) is 23.8 Å². The Hall–Kier alpha value is -1.42. The fraction of sp³-hybridized carbons (Fsp3) is 0.812. The third-order valence-corrected chi connectivity index (χ3v) is 13.2. The van der Waals surface area contributed by atoms with Crippen molar-refractivity contribution in [3.63, 3.8) is 0 Å². The number of hydrogen-bond donors (Lipinski definition) is 2. The molecule has 5 aliphatic carbocycles. The van der Waals surface area contributed by atoms with E-state index in [1.807, 2.05) is 6.08 Å². The van der Waals surface area contributed by atoms with Crippen LogP contribution in [0.1, 0.15) is 106 Å². The molecule has 4 heteroatoms. The SMILES string of the molecule is CC1(C)[C@@H](O)CC[C@]2(C)[C@H]3C(=O)C=C4[C@@H]5C[C@@](C)(/C=C/C(N)=O)CC[C@]5(C)CC[C@@]4(C)[C@]3(C)CC[C@@H]12. The second-order valence-electron chi connectivity index (χ2n) is 15.5. The Morgan fingerprint density at radius 1 is 0.972 bits per heavy atom. The molecular weight excluding hydrogens is 446 g/mol. The molecule has 0 bridgehead atoms. The summed E-state index contributed by atoms with van der Waals surface area (Å²) in [5.41, 5.74) is 6.66. The molecule has 1 amide bonds. The van der Waals surface area contributed by atoms with E-state index >= 15 is 0 Å². The van der Waals surface area contributed by atoms with Crippen LogP contribution in [0.5, 0.6) is 0 Å². The normalized spacial score (nSPS) is 52.0. The number of aliphatic hydroxyl groups is 1. The average Bonchev–Trinajstić information content (AvgIpc) is 2.78. The van der Waals surface area contributed by atoms with Gasteiger partial charge in [-0.25, -0.2) is 0 Å². The number of rotatable bonds is 2. The van der Waals surface area contributed by atoms with E-state index in [9.17, 15) is 14.7 Å². The third-order valence-electron chi connectivity index (χ3n) is 13.2. The smallest absolute Gasteiger partial charge is 0.241 e. The fourth-order valence-electron chi connectivity index (χ4n) is 10.6. The Morgan fingerprint density at radius 3 is 2.31 bits per heavy atom. The van der Waals surface area contributed by atoms with Crippen LogP contribution in [0, 0.1) is 50.2 Å². The van der Waals surface area contributed by atoms with E-state index in [0.29, 0.717) is 17.6 Å². The van der Waals surface area contributed by atoms with Gasteiger partial charge in [-0.2, -0.15) is 0 Å².